The highest BCUT2D eigenvalue weighted by Gasteiger charge is 2.11. The molecule has 0 unspecified atom stereocenters. The number of amides is 1. The van der Waals surface area contributed by atoms with Crippen molar-refractivity contribution in [2.24, 2.45) is 0 Å². The predicted octanol–water partition coefficient (Wildman–Crippen LogP) is 1.43. The van der Waals surface area contributed by atoms with Crippen LogP contribution in [-0.2, 0) is 11.2 Å². The summed E-state index contributed by atoms with van der Waals surface area (Å²) in [5.74, 6) is 2.38. The van der Waals surface area contributed by atoms with E-state index in [-0.39, 0.29) is 5.91 Å². The van der Waals surface area contributed by atoms with Gasteiger partial charge in [0.25, 0.3) is 0 Å². The Balaban J connectivity index is 2.87. The predicted molar refractivity (Wildman–Crippen MR) is 82.1 cm³/mol. The molecule has 1 amide bonds. The molecule has 0 radical (unpaired) electrons. The number of nitrogens with one attached hydrogen (secondary N) is 2. The van der Waals surface area contributed by atoms with E-state index in [4.69, 9.17) is 0 Å². The van der Waals surface area contributed by atoms with Gasteiger partial charge in [0.05, 0.1) is 6.54 Å². The van der Waals surface area contributed by atoms with Crippen LogP contribution in [-0.4, -0.2) is 42.6 Å². The number of anilines is 2. The van der Waals surface area contributed by atoms with Crippen molar-refractivity contribution >= 4 is 17.5 Å². The third-order valence-corrected chi connectivity index (χ3v) is 2.74. The van der Waals surface area contributed by atoms with Crippen molar-refractivity contribution < 1.29 is 4.79 Å². The van der Waals surface area contributed by atoms with Crippen LogP contribution in [0.15, 0.2) is 6.07 Å². The minimum absolute atomic E-state index is 0.00402. The third kappa shape index (κ3) is 5.03. The van der Waals surface area contributed by atoms with Crippen molar-refractivity contribution in [3.63, 3.8) is 0 Å². The number of carbonyl (C=O) groups excluding carboxylic acids is 1. The fraction of sp³-hybridized carbons (Fsp3) is 0.643. The van der Waals surface area contributed by atoms with Crippen molar-refractivity contribution in [1.29, 1.82) is 0 Å². The van der Waals surface area contributed by atoms with Crippen molar-refractivity contribution in [2.45, 2.75) is 33.6 Å². The van der Waals surface area contributed by atoms with E-state index in [9.17, 15) is 4.79 Å². The molecule has 0 aliphatic heterocycles. The lowest BCUT2D eigenvalue weighted by Gasteiger charge is -2.19. The summed E-state index contributed by atoms with van der Waals surface area (Å²) in [6.07, 6.45) is 1.83. The average molecular weight is 279 g/mol. The number of hydrogen-bond donors (Lipinski definition) is 2. The van der Waals surface area contributed by atoms with Gasteiger partial charge in [-0.25, -0.2) is 9.97 Å². The molecule has 1 aromatic rings. The van der Waals surface area contributed by atoms with Crippen LogP contribution < -0.4 is 15.5 Å². The molecule has 0 spiro atoms. The van der Waals surface area contributed by atoms with Crippen molar-refractivity contribution in [2.75, 3.05) is 36.9 Å². The van der Waals surface area contributed by atoms with Gasteiger partial charge in [-0.3, -0.25) is 4.79 Å². The normalized spacial score (nSPS) is 10.2. The van der Waals surface area contributed by atoms with Gasteiger partial charge >= 0.3 is 0 Å². The monoisotopic (exact) mass is 279 g/mol. The number of carbonyl (C=O) groups is 1. The fourth-order valence-corrected chi connectivity index (χ4v) is 1.84. The van der Waals surface area contributed by atoms with Gasteiger partial charge in [-0.2, -0.15) is 0 Å². The minimum Gasteiger partial charge on any atom is -0.370 e. The Bertz CT molecular complexity index is 411. The molecular formula is C14H25N5O. The van der Waals surface area contributed by atoms with Gasteiger partial charge in [-0.1, -0.05) is 6.92 Å². The van der Waals surface area contributed by atoms with E-state index in [1.807, 2.05) is 31.9 Å². The summed E-state index contributed by atoms with van der Waals surface area (Å²) >= 11 is 0. The molecule has 0 aromatic carbocycles. The summed E-state index contributed by atoms with van der Waals surface area (Å²) in [4.78, 5) is 22.5. The Morgan fingerprint density at radius 1 is 1.25 bits per heavy atom. The Morgan fingerprint density at radius 2 is 2.00 bits per heavy atom. The van der Waals surface area contributed by atoms with Gasteiger partial charge in [-0.15, -0.1) is 0 Å². The Morgan fingerprint density at radius 3 is 2.60 bits per heavy atom. The maximum absolute atomic E-state index is 11.6. The largest absolute Gasteiger partial charge is 0.370 e. The van der Waals surface area contributed by atoms with E-state index in [1.165, 1.54) is 0 Å². The van der Waals surface area contributed by atoms with Gasteiger partial charge < -0.3 is 15.5 Å². The Hall–Kier alpha value is -1.85. The topological polar surface area (TPSA) is 70.2 Å². The Labute approximate surface area is 121 Å². The summed E-state index contributed by atoms with van der Waals surface area (Å²) in [6, 6.07) is 1.88. The molecule has 0 saturated heterocycles. The summed E-state index contributed by atoms with van der Waals surface area (Å²) in [5, 5.41) is 5.99. The van der Waals surface area contributed by atoms with E-state index in [2.05, 4.69) is 27.5 Å². The molecule has 0 saturated carbocycles. The highest BCUT2D eigenvalue weighted by atomic mass is 16.2. The Kier molecular flexibility index (Phi) is 6.76. The first-order valence-electron chi connectivity index (χ1n) is 7.20. The molecule has 1 rings (SSSR count). The first kappa shape index (κ1) is 16.2. The number of aromatic nitrogens is 2. The van der Waals surface area contributed by atoms with Crippen LogP contribution in [0.5, 0.6) is 0 Å². The minimum atomic E-state index is -0.00402. The molecule has 0 atom stereocenters. The van der Waals surface area contributed by atoms with E-state index in [0.717, 1.165) is 36.8 Å². The van der Waals surface area contributed by atoms with E-state index < -0.39 is 0 Å². The standard InChI is InChI=1S/C14H25N5O/c1-5-8-11-17-12(15-6-2)9-13(18-11)19(4)10-14(20)16-7-3/h9H,5-8,10H2,1-4H3,(H,16,20)(H,15,17,18). The van der Waals surface area contributed by atoms with Crippen LogP contribution in [0.1, 0.15) is 33.0 Å². The van der Waals surface area contributed by atoms with Gasteiger partial charge in [0.1, 0.15) is 17.5 Å². The van der Waals surface area contributed by atoms with Crippen molar-refractivity contribution in [3.05, 3.63) is 11.9 Å². The molecule has 0 aliphatic carbocycles. The number of hydrogen-bond acceptors (Lipinski definition) is 5. The van der Waals surface area contributed by atoms with Gasteiger partial charge in [0.2, 0.25) is 5.91 Å². The third-order valence-electron chi connectivity index (χ3n) is 2.74. The number of nitrogens with zero attached hydrogens (tertiary/aromatic N) is 3. The zero-order valence-electron chi connectivity index (χ0n) is 12.9. The maximum atomic E-state index is 11.6. The maximum Gasteiger partial charge on any atom is 0.239 e. The molecule has 6 nitrogen and oxygen atoms in total. The van der Waals surface area contributed by atoms with Gasteiger partial charge in [0, 0.05) is 32.6 Å². The van der Waals surface area contributed by atoms with E-state index >= 15 is 0 Å². The molecule has 0 bridgehead atoms. The first-order valence-corrected chi connectivity index (χ1v) is 7.20. The van der Waals surface area contributed by atoms with Crippen LogP contribution in [0.3, 0.4) is 0 Å². The fourth-order valence-electron chi connectivity index (χ4n) is 1.84. The number of aryl methyl sites for hydroxylation is 1. The van der Waals surface area contributed by atoms with Crippen LogP contribution >= 0.6 is 0 Å². The molecule has 6 heteroatoms. The molecular weight excluding hydrogens is 254 g/mol. The lowest BCUT2D eigenvalue weighted by atomic mass is 10.3. The lowest BCUT2D eigenvalue weighted by Crippen LogP contribution is -2.35. The second-order valence-corrected chi connectivity index (χ2v) is 4.62. The van der Waals surface area contributed by atoms with E-state index in [1.54, 1.807) is 0 Å². The van der Waals surface area contributed by atoms with Crippen LogP contribution in [0, 0.1) is 0 Å². The lowest BCUT2D eigenvalue weighted by molar-refractivity contribution is -0.119. The van der Waals surface area contributed by atoms with Crippen LogP contribution in [0.25, 0.3) is 0 Å². The number of rotatable bonds is 8. The van der Waals surface area contributed by atoms with Crippen molar-refractivity contribution in [1.82, 2.24) is 15.3 Å². The molecule has 2 N–H and O–H groups in total. The van der Waals surface area contributed by atoms with Gasteiger partial charge in [0.15, 0.2) is 0 Å². The van der Waals surface area contributed by atoms with Crippen molar-refractivity contribution in [3.8, 4) is 0 Å². The highest BCUT2D eigenvalue weighted by molar-refractivity contribution is 5.80. The zero-order chi connectivity index (χ0) is 15.0. The molecule has 20 heavy (non-hydrogen) atoms. The molecule has 0 fully saturated rings. The van der Waals surface area contributed by atoms with Crippen LogP contribution in [0.2, 0.25) is 0 Å². The smallest absolute Gasteiger partial charge is 0.239 e. The molecule has 112 valence electrons. The summed E-state index contributed by atoms with van der Waals surface area (Å²) in [6.45, 7) is 7.77. The van der Waals surface area contributed by atoms with E-state index in [0.29, 0.717) is 13.1 Å². The quantitative estimate of drug-likeness (QED) is 0.753. The summed E-state index contributed by atoms with van der Waals surface area (Å²) in [5.41, 5.74) is 0. The summed E-state index contributed by atoms with van der Waals surface area (Å²) < 4.78 is 0. The zero-order valence-corrected chi connectivity index (χ0v) is 12.9. The second-order valence-electron chi connectivity index (χ2n) is 4.62. The average Bonchev–Trinajstić information content (AvgIpc) is 2.39. The first-order chi connectivity index (χ1) is 9.60. The molecule has 1 aromatic heterocycles. The molecule has 0 aliphatic rings. The summed E-state index contributed by atoms with van der Waals surface area (Å²) in [7, 11) is 1.86. The SMILES string of the molecule is CCCc1nc(NCC)cc(N(C)CC(=O)NCC)n1. The second kappa shape index (κ2) is 8.35. The number of likely N-dealkylation sites (N-methyl/N-ethyl adjacent to an activating group) is 2. The highest BCUT2D eigenvalue weighted by Crippen LogP contribution is 2.15. The van der Waals surface area contributed by atoms with Gasteiger partial charge in [-0.05, 0) is 20.3 Å². The molecule has 1 heterocycles. The van der Waals surface area contributed by atoms with Crippen LogP contribution in [0.4, 0.5) is 11.6 Å².